The predicted octanol–water partition coefficient (Wildman–Crippen LogP) is 3.48. The third kappa shape index (κ3) is 2.98. The third-order valence-corrected chi connectivity index (χ3v) is 7.30. The standard InChI is InChI=1S/C21H28O4/c1-11(2)21(24)25-15-9-16-13-7-17(18(16)10-15)19(8-13)20(23)12-4-3-5-14(22)6-12/h12-13,15-19H,1,3-10H2,2H3. The number of hydrogen-bond acceptors (Lipinski definition) is 4. The summed E-state index contributed by atoms with van der Waals surface area (Å²) in [5.41, 5.74) is 0.454. The van der Waals surface area contributed by atoms with E-state index >= 15 is 0 Å². The maximum atomic E-state index is 13.0. The summed E-state index contributed by atoms with van der Waals surface area (Å²) >= 11 is 0. The second kappa shape index (κ2) is 6.37. The molecule has 0 aromatic rings. The number of carbonyl (C=O) groups excluding carboxylic acids is 3. The normalized spacial score (nSPS) is 42.3. The van der Waals surface area contributed by atoms with Crippen LogP contribution in [-0.4, -0.2) is 23.6 Å². The lowest BCUT2D eigenvalue weighted by Crippen LogP contribution is -2.35. The molecule has 0 aliphatic heterocycles. The monoisotopic (exact) mass is 344 g/mol. The summed E-state index contributed by atoms with van der Waals surface area (Å²) in [5.74, 6) is 2.66. The zero-order valence-corrected chi connectivity index (χ0v) is 15.0. The molecule has 4 aliphatic carbocycles. The lowest BCUT2D eigenvalue weighted by atomic mass is 9.70. The van der Waals surface area contributed by atoms with Gasteiger partial charge in [0.1, 0.15) is 17.7 Å². The molecule has 25 heavy (non-hydrogen) atoms. The summed E-state index contributed by atoms with van der Waals surface area (Å²) in [4.78, 5) is 36.6. The highest BCUT2D eigenvalue weighted by molar-refractivity contribution is 5.90. The lowest BCUT2D eigenvalue weighted by Gasteiger charge is -2.33. The summed E-state index contributed by atoms with van der Waals surface area (Å²) in [6.45, 7) is 5.34. The minimum Gasteiger partial charge on any atom is -0.459 e. The molecule has 4 aliphatic rings. The van der Waals surface area contributed by atoms with Crippen LogP contribution < -0.4 is 0 Å². The minimum atomic E-state index is -0.286. The first-order valence-corrected chi connectivity index (χ1v) is 9.86. The molecule has 4 fully saturated rings. The molecule has 4 heteroatoms. The van der Waals surface area contributed by atoms with Gasteiger partial charge < -0.3 is 4.74 Å². The van der Waals surface area contributed by atoms with Crippen molar-refractivity contribution in [1.82, 2.24) is 0 Å². The Morgan fingerprint density at radius 2 is 1.84 bits per heavy atom. The van der Waals surface area contributed by atoms with Crippen LogP contribution in [-0.2, 0) is 19.1 Å². The largest absolute Gasteiger partial charge is 0.459 e. The molecule has 4 saturated carbocycles. The van der Waals surface area contributed by atoms with E-state index in [0.29, 0.717) is 47.9 Å². The van der Waals surface area contributed by atoms with E-state index in [9.17, 15) is 14.4 Å². The smallest absolute Gasteiger partial charge is 0.333 e. The Kier molecular flexibility index (Phi) is 4.33. The van der Waals surface area contributed by atoms with Gasteiger partial charge in [-0.05, 0) is 69.1 Å². The molecule has 4 nitrogen and oxygen atoms in total. The van der Waals surface area contributed by atoms with Crippen LogP contribution in [0.4, 0.5) is 0 Å². The maximum Gasteiger partial charge on any atom is 0.333 e. The van der Waals surface area contributed by atoms with E-state index in [1.54, 1.807) is 6.92 Å². The Balaban J connectivity index is 1.40. The van der Waals surface area contributed by atoms with Crippen molar-refractivity contribution >= 4 is 17.5 Å². The molecule has 136 valence electrons. The number of rotatable bonds is 4. The first-order valence-electron chi connectivity index (χ1n) is 9.86. The van der Waals surface area contributed by atoms with Crippen molar-refractivity contribution in [2.24, 2.45) is 35.5 Å². The number of carbonyl (C=O) groups is 3. The number of ketones is 2. The zero-order chi connectivity index (χ0) is 17.7. The van der Waals surface area contributed by atoms with Crippen LogP contribution in [0.25, 0.3) is 0 Å². The highest BCUT2D eigenvalue weighted by Gasteiger charge is 2.58. The number of esters is 1. The fourth-order valence-corrected chi connectivity index (χ4v) is 6.27. The van der Waals surface area contributed by atoms with Gasteiger partial charge in [0.15, 0.2) is 0 Å². The number of ether oxygens (including phenoxy) is 1. The molecule has 0 spiro atoms. The summed E-state index contributed by atoms with van der Waals surface area (Å²) < 4.78 is 5.59. The molecule has 0 amide bonds. The van der Waals surface area contributed by atoms with Crippen molar-refractivity contribution in [3.8, 4) is 0 Å². The Morgan fingerprint density at radius 3 is 2.56 bits per heavy atom. The second-order valence-electron chi connectivity index (χ2n) is 8.84. The van der Waals surface area contributed by atoms with Crippen molar-refractivity contribution in [1.29, 1.82) is 0 Å². The van der Waals surface area contributed by atoms with Crippen LogP contribution in [0.5, 0.6) is 0 Å². The quantitative estimate of drug-likeness (QED) is 0.579. The average molecular weight is 344 g/mol. The van der Waals surface area contributed by atoms with Crippen molar-refractivity contribution in [2.45, 2.75) is 64.4 Å². The maximum absolute atomic E-state index is 13.0. The fraction of sp³-hybridized carbons (Fsp3) is 0.762. The van der Waals surface area contributed by atoms with Gasteiger partial charge in [-0.2, -0.15) is 0 Å². The Hall–Kier alpha value is -1.45. The van der Waals surface area contributed by atoms with Crippen LogP contribution >= 0.6 is 0 Å². The van der Waals surface area contributed by atoms with Gasteiger partial charge >= 0.3 is 5.97 Å². The minimum absolute atomic E-state index is 0.00499. The highest BCUT2D eigenvalue weighted by Crippen LogP contribution is 2.62. The molecule has 0 aromatic carbocycles. The van der Waals surface area contributed by atoms with Gasteiger partial charge in [0.05, 0.1) is 0 Å². The molecule has 0 N–H and O–H groups in total. The summed E-state index contributed by atoms with van der Waals surface area (Å²) in [7, 11) is 0. The topological polar surface area (TPSA) is 60.4 Å². The molecular formula is C21H28O4. The van der Waals surface area contributed by atoms with Crippen molar-refractivity contribution < 1.29 is 19.1 Å². The summed E-state index contributed by atoms with van der Waals surface area (Å²) in [6, 6.07) is 0. The summed E-state index contributed by atoms with van der Waals surface area (Å²) in [5, 5.41) is 0. The second-order valence-corrected chi connectivity index (χ2v) is 8.84. The molecule has 4 rings (SSSR count). The molecular weight excluding hydrogens is 316 g/mol. The Bertz CT molecular complexity index is 621. The van der Waals surface area contributed by atoms with Gasteiger partial charge in [-0.25, -0.2) is 4.79 Å². The van der Waals surface area contributed by atoms with Crippen LogP contribution in [0.1, 0.15) is 58.3 Å². The molecule has 2 bridgehead atoms. The highest BCUT2D eigenvalue weighted by atomic mass is 16.5. The van der Waals surface area contributed by atoms with Crippen molar-refractivity contribution in [3.05, 3.63) is 12.2 Å². The van der Waals surface area contributed by atoms with Gasteiger partial charge in [0.2, 0.25) is 0 Å². The van der Waals surface area contributed by atoms with Crippen LogP contribution in [0.15, 0.2) is 12.2 Å². The Morgan fingerprint density at radius 1 is 1.08 bits per heavy atom. The SMILES string of the molecule is C=C(C)C(=O)OC1CC2C3CC(C(=O)C4CCCC(=O)C4)C(C3)C2C1. The number of Topliss-reactive ketones (excluding diaryl/α,β-unsaturated/α-hetero) is 2. The van der Waals surface area contributed by atoms with E-state index in [0.717, 1.165) is 38.5 Å². The molecule has 0 saturated heterocycles. The van der Waals surface area contributed by atoms with Gasteiger partial charge in [0, 0.05) is 30.3 Å². The Labute approximate surface area is 149 Å². The molecule has 0 aromatic heterocycles. The first kappa shape index (κ1) is 17.0. The van der Waals surface area contributed by atoms with Crippen molar-refractivity contribution in [3.63, 3.8) is 0 Å². The van der Waals surface area contributed by atoms with Gasteiger partial charge in [-0.1, -0.05) is 6.58 Å². The van der Waals surface area contributed by atoms with E-state index in [-0.39, 0.29) is 29.7 Å². The van der Waals surface area contributed by atoms with Gasteiger partial charge in [-0.3, -0.25) is 9.59 Å². The molecule has 7 unspecified atom stereocenters. The number of hydrogen-bond donors (Lipinski definition) is 0. The zero-order valence-electron chi connectivity index (χ0n) is 15.0. The van der Waals surface area contributed by atoms with Gasteiger partial charge in [0.25, 0.3) is 0 Å². The van der Waals surface area contributed by atoms with E-state index in [2.05, 4.69) is 6.58 Å². The van der Waals surface area contributed by atoms with Crippen LogP contribution in [0, 0.1) is 35.5 Å². The first-order chi connectivity index (χ1) is 11.9. The van der Waals surface area contributed by atoms with Gasteiger partial charge in [-0.15, -0.1) is 0 Å². The molecule has 0 heterocycles. The fourth-order valence-electron chi connectivity index (χ4n) is 6.27. The summed E-state index contributed by atoms with van der Waals surface area (Å²) in [6.07, 6.45) is 6.90. The number of fused-ring (bicyclic) bond motifs is 5. The van der Waals surface area contributed by atoms with E-state index < -0.39 is 0 Å². The predicted molar refractivity (Wildman–Crippen MR) is 92.6 cm³/mol. The van der Waals surface area contributed by atoms with E-state index in [1.165, 1.54) is 0 Å². The lowest BCUT2D eigenvalue weighted by molar-refractivity contribution is -0.144. The van der Waals surface area contributed by atoms with E-state index in [4.69, 9.17) is 4.74 Å². The van der Waals surface area contributed by atoms with Crippen molar-refractivity contribution in [2.75, 3.05) is 0 Å². The average Bonchev–Trinajstić information content (AvgIpc) is 3.24. The van der Waals surface area contributed by atoms with Crippen LogP contribution in [0.2, 0.25) is 0 Å². The molecule has 0 radical (unpaired) electrons. The van der Waals surface area contributed by atoms with E-state index in [1.807, 2.05) is 0 Å². The third-order valence-electron chi connectivity index (χ3n) is 7.30. The molecule has 7 atom stereocenters. The van der Waals surface area contributed by atoms with Crippen LogP contribution in [0.3, 0.4) is 0 Å².